The summed E-state index contributed by atoms with van der Waals surface area (Å²) in [5.41, 5.74) is 3.53. The molecule has 1 aromatic carbocycles. The van der Waals surface area contributed by atoms with Crippen LogP contribution in [0.5, 0.6) is 0 Å². The Labute approximate surface area is 206 Å². The molecule has 0 saturated heterocycles. The van der Waals surface area contributed by atoms with Crippen molar-refractivity contribution in [2.24, 2.45) is 5.92 Å². The smallest absolute Gasteiger partial charge is 0.252 e. The zero-order chi connectivity index (χ0) is 25.3. The molecule has 8 nitrogen and oxygen atoms in total. The minimum atomic E-state index is -0.238. The molecule has 0 aliphatic carbocycles. The number of aryl methyl sites for hydroxylation is 2. The number of nitrogens with one attached hydrogen (secondary N) is 1. The fraction of sp³-hybridized carbons (Fsp3) is 0.481. The number of tetrazole rings is 1. The second-order valence-corrected chi connectivity index (χ2v) is 10.4. The molecule has 4 rings (SSSR count). The molecule has 0 radical (unpaired) electrons. The molecule has 8 heteroatoms. The molecule has 1 atom stereocenters. The van der Waals surface area contributed by atoms with E-state index in [1.54, 1.807) is 6.26 Å². The number of rotatable bonds is 9. The highest BCUT2D eigenvalue weighted by Gasteiger charge is 2.34. The minimum absolute atomic E-state index is 0.0772. The molecule has 3 heterocycles. The van der Waals surface area contributed by atoms with Crippen molar-refractivity contribution in [3.63, 3.8) is 0 Å². The van der Waals surface area contributed by atoms with Gasteiger partial charge in [0.1, 0.15) is 5.76 Å². The van der Waals surface area contributed by atoms with Crippen LogP contribution < -0.4 is 5.56 Å². The number of aromatic amines is 1. The number of H-pyrrole nitrogens is 1. The van der Waals surface area contributed by atoms with Crippen LogP contribution in [0.3, 0.4) is 0 Å². The third-order valence-corrected chi connectivity index (χ3v) is 7.16. The van der Waals surface area contributed by atoms with E-state index < -0.39 is 0 Å². The van der Waals surface area contributed by atoms with Gasteiger partial charge in [-0.25, -0.2) is 4.68 Å². The van der Waals surface area contributed by atoms with E-state index in [1.165, 1.54) is 0 Å². The predicted octanol–water partition coefficient (Wildman–Crippen LogP) is 5.27. The van der Waals surface area contributed by atoms with Gasteiger partial charge >= 0.3 is 0 Å². The maximum absolute atomic E-state index is 13.2. The van der Waals surface area contributed by atoms with Crippen LogP contribution in [-0.4, -0.2) is 30.1 Å². The summed E-state index contributed by atoms with van der Waals surface area (Å²) in [7, 11) is 0. The molecule has 1 N–H and O–H groups in total. The molecule has 0 unspecified atom stereocenters. The maximum atomic E-state index is 13.2. The van der Waals surface area contributed by atoms with Gasteiger partial charge in [0, 0.05) is 12.1 Å². The quantitative estimate of drug-likeness (QED) is 0.354. The topological polar surface area (TPSA) is 92.8 Å². The van der Waals surface area contributed by atoms with Crippen molar-refractivity contribution in [1.82, 2.24) is 30.1 Å². The zero-order valence-electron chi connectivity index (χ0n) is 21.8. The van der Waals surface area contributed by atoms with Crippen molar-refractivity contribution in [3.8, 4) is 0 Å². The van der Waals surface area contributed by atoms with Gasteiger partial charge in [0.15, 0.2) is 5.82 Å². The molecule has 0 saturated carbocycles. The van der Waals surface area contributed by atoms with Crippen LogP contribution in [0.15, 0.2) is 45.8 Å². The van der Waals surface area contributed by atoms with Crippen LogP contribution in [0.1, 0.15) is 75.4 Å². The van der Waals surface area contributed by atoms with Gasteiger partial charge in [-0.15, -0.1) is 5.10 Å². The van der Waals surface area contributed by atoms with Crippen molar-refractivity contribution in [3.05, 3.63) is 75.2 Å². The number of hydrogen-bond donors (Lipinski definition) is 1. The Morgan fingerprint density at radius 2 is 1.94 bits per heavy atom. The molecule has 0 spiro atoms. The Morgan fingerprint density at radius 3 is 2.60 bits per heavy atom. The fourth-order valence-electron chi connectivity index (χ4n) is 4.60. The lowest BCUT2D eigenvalue weighted by atomic mass is 9.97. The van der Waals surface area contributed by atoms with E-state index in [0.29, 0.717) is 18.7 Å². The summed E-state index contributed by atoms with van der Waals surface area (Å²) in [6.07, 6.45) is 2.56. The first-order valence-corrected chi connectivity index (χ1v) is 12.3. The van der Waals surface area contributed by atoms with Crippen LogP contribution in [0.4, 0.5) is 0 Å². The zero-order valence-corrected chi connectivity index (χ0v) is 21.8. The lowest BCUT2D eigenvalue weighted by molar-refractivity contribution is 0.109. The maximum Gasteiger partial charge on any atom is 0.252 e. The second-order valence-electron chi connectivity index (χ2n) is 10.4. The summed E-state index contributed by atoms with van der Waals surface area (Å²) in [5, 5.41) is 13.9. The summed E-state index contributed by atoms with van der Waals surface area (Å²) < 4.78 is 7.65. The van der Waals surface area contributed by atoms with Gasteiger partial charge in [-0.2, -0.15) is 0 Å². The van der Waals surface area contributed by atoms with E-state index in [1.807, 2.05) is 29.8 Å². The average molecular weight is 477 g/mol. The molecule has 0 amide bonds. The van der Waals surface area contributed by atoms with E-state index >= 15 is 0 Å². The second kappa shape index (κ2) is 9.77. The van der Waals surface area contributed by atoms with Crippen LogP contribution in [0, 0.1) is 19.8 Å². The number of benzene rings is 1. The van der Waals surface area contributed by atoms with Gasteiger partial charge in [0.2, 0.25) is 0 Å². The van der Waals surface area contributed by atoms with Crippen molar-refractivity contribution in [2.45, 2.75) is 79.6 Å². The first-order chi connectivity index (χ1) is 16.6. The standard InChI is InChI=1S/C27H36N6O2/c1-8-27(6,7)33-25(29-30-31-33)24(17(2)3)32(16-22-10-9-13-35-22)15-21-14-20-12-11-18(4)19(5)23(20)28-26(21)34/h9-14,17,24H,8,15-16H2,1-7H3,(H,28,34)/t24-/m1/s1. The molecule has 35 heavy (non-hydrogen) atoms. The molecule has 4 aromatic rings. The summed E-state index contributed by atoms with van der Waals surface area (Å²) in [6.45, 7) is 15.8. The Kier molecular flexibility index (Phi) is 6.94. The summed E-state index contributed by atoms with van der Waals surface area (Å²) in [6, 6.07) is 9.88. The minimum Gasteiger partial charge on any atom is -0.468 e. The third-order valence-electron chi connectivity index (χ3n) is 7.16. The van der Waals surface area contributed by atoms with Crippen molar-refractivity contribution >= 4 is 10.9 Å². The number of nitrogens with zero attached hydrogens (tertiary/aromatic N) is 5. The lowest BCUT2D eigenvalue weighted by Crippen LogP contribution is -2.38. The van der Waals surface area contributed by atoms with Crippen LogP contribution in [-0.2, 0) is 18.6 Å². The van der Waals surface area contributed by atoms with Crippen LogP contribution in [0.2, 0.25) is 0 Å². The average Bonchev–Trinajstić information content (AvgIpc) is 3.50. The number of fused-ring (bicyclic) bond motifs is 1. The molecule has 0 aliphatic heterocycles. The predicted molar refractivity (Wildman–Crippen MR) is 137 cm³/mol. The van der Waals surface area contributed by atoms with Crippen LogP contribution in [0.25, 0.3) is 10.9 Å². The van der Waals surface area contributed by atoms with Crippen molar-refractivity contribution in [1.29, 1.82) is 0 Å². The highest BCUT2D eigenvalue weighted by Crippen LogP contribution is 2.33. The molecule has 0 bridgehead atoms. The Bertz CT molecular complexity index is 1350. The third kappa shape index (κ3) is 4.93. The lowest BCUT2D eigenvalue weighted by Gasteiger charge is -2.35. The molecule has 3 aromatic heterocycles. The fourth-order valence-corrected chi connectivity index (χ4v) is 4.60. The van der Waals surface area contributed by atoms with Crippen molar-refractivity contribution in [2.75, 3.05) is 0 Å². The highest BCUT2D eigenvalue weighted by molar-refractivity contribution is 5.83. The van der Waals surface area contributed by atoms with Gasteiger partial charge in [0.05, 0.1) is 29.9 Å². The van der Waals surface area contributed by atoms with E-state index in [2.05, 4.69) is 79.1 Å². The summed E-state index contributed by atoms with van der Waals surface area (Å²) in [5.74, 6) is 1.81. The number of pyridine rings is 1. The van der Waals surface area contributed by atoms with Gasteiger partial charge < -0.3 is 9.40 Å². The Balaban J connectivity index is 1.81. The van der Waals surface area contributed by atoms with Crippen LogP contribution >= 0.6 is 0 Å². The molecule has 0 fully saturated rings. The first-order valence-electron chi connectivity index (χ1n) is 12.3. The van der Waals surface area contributed by atoms with E-state index in [-0.39, 0.29) is 23.1 Å². The van der Waals surface area contributed by atoms with Crippen molar-refractivity contribution < 1.29 is 4.42 Å². The largest absolute Gasteiger partial charge is 0.468 e. The Hall–Kier alpha value is -3.26. The van der Waals surface area contributed by atoms with Gasteiger partial charge in [-0.05, 0) is 85.2 Å². The monoisotopic (exact) mass is 476 g/mol. The molecular weight excluding hydrogens is 440 g/mol. The van der Waals surface area contributed by atoms with E-state index in [4.69, 9.17) is 4.42 Å². The first kappa shape index (κ1) is 24.9. The Morgan fingerprint density at radius 1 is 1.17 bits per heavy atom. The molecule has 0 aliphatic rings. The number of hydrogen-bond acceptors (Lipinski definition) is 6. The normalized spacial score (nSPS) is 13.3. The molecular formula is C27H36N6O2. The summed E-state index contributed by atoms with van der Waals surface area (Å²) >= 11 is 0. The van der Waals surface area contributed by atoms with Gasteiger partial charge in [0.25, 0.3) is 5.56 Å². The number of furan rings is 1. The SMILES string of the molecule is CCC(C)(C)n1nnnc1[C@@H](C(C)C)N(Cc1ccco1)Cc1cc2ccc(C)c(C)c2[nH]c1=O. The van der Waals surface area contributed by atoms with E-state index in [0.717, 1.165) is 40.0 Å². The summed E-state index contributed by atoms with van der Waals surface area (Å²) in [4.78, 5) is 18.6. The van der Waals surface area contributed by atoms with E-state index in [9.17, 15) is 4.79 Å². The van der Waals surface area contributed by atoms with Gasteiger partial charge in [-0.1, -0.05) is 32.9 Å². The highest BCUT2D eigenvalue weighted by atomic mass is 16.3. The van der Waals surface area contributed by atoms with Gasteiger partial charge in [-0.3, -0.25) is 9.69 Å². The molecule has 186 valence electrons. The number of aromatic nitrogens is 5.